The summed E-state index contributed by atoms with van der Waals surface area (Å²) in [6, 6.07) is 13.3. The number of aryl methyl sites for hydroxylation is 1. The van der Waals surface area contributed by atoms with Crippen LogP contribution in [-0.2, 0) is 0 Å². The van der Waals surface area contributed by atoms with E-state index in [2.05, 4.69) is 38.5 Å². The fraction of sp³-hybridized carbons (Fsp3) is 0.211. The number of hydrogen-bond donors (Lipinski definition) is 1. The first-order valence-corrected chi connectivity index (χ1v) is 9.43. The SMILES string of the molecule is Cc1cccc(-n2nnnc2SC(C)c2nc3ccccc3c(=O)[nH]2)c1C. The molecule has 0 bridgehead atoms. The molecule has 8 heteroatoms. The number of aromatic amines is 1. The summed E-state index contributed by atoms with van der Waals surface area (Å²) in [5.74, 6) is 0.596. The molecule has 0 aliphatic heterocycles. The Kier molecular flexibility index (Phi) is 4.49. The smallest absolute Gasteiger partial charge is 0.258 e. The zero-order chi connectivity index (χ0) is 19.0. The second-order valence-corrected chi connectivity index (χ2v) is 7.63. The molecule has 2 aromatic carbocycles. The summed E-state index contributed by atoms with van der Waals surface area (Å²) in [6.45, 7) is 6.08. The van der Waals surface area contributed by atoms with Gasteiger partial charge in [-0.25, -0.2) is 4.98 Å². The molecule has 7 nitrogen and oxygen atoms in total. The highest BCUT2D eigenvalue weighted by atomic mass is 32.2. The van der Waals surface area contributed by atoms with Gasteiger partial charge >= 0.3 is 0 Å². The largest absolute Gasteiger partial charge is 0.309 e. The summed E-state index contributed by atoms with van der Waals surface area (Å²) in [7, 11) is 0. The van der Waals surface area contributed by atoms with E-state index in [1.807, 2.05) is 44.2 Å². The highest BCUT2D eigenvalue weighted by molar-refractivity contribution is 7.99. The van der Waals surface area contributed by atoms with Gasteiger partial charge in [0.05, 0.1) is 21.8 Å². The van der Waals surface area contributed by atoms with Crippen LogP contribution in [0.15, 0.2) is 52.4 Å². The van der Waals surface area contributed by atoms with Gasteiger partial charge in [0, 0.05) is 0 Å². The molecular formula is C19H18N6OS. The first-order valence-electron chi connectivity index (χ1n) is 8.55. The highest BCUT2D eigenvalue weighted by Gasteiger charge is 2.18. The normalized spacial score (nSPS) is 12.4. The van der Waals surface area contributed by atoms with E-state index in [0.717, 1.165) is 11.3 Å². The van der Waals surface area contributed by atoms with Crippen LogP contribution in [0.3, 0.4) is 0 Å². The van der Waals surface area contributed by atoms with Crippen LogP contribution in [0.2, 0.25) is 0 Å². The van der Waals surface area contributed by atoms with Crippen molar-refractivity contribution in [1.29, 1.82) is 0 Å². The van der Waals surface area contributed by atoms with E-state index in [1.54, 1.807) is 10.7 Å². The number of benzene rings is 2. The van der Waals surface area contributed by atoms with E-state index in [9.17, 15) is 4.79 Å². The van der Waals surface area contributed by atoms with E-state index in [4.69, 9.17) is 0 Å². The zero-order valence-corrected chi connectivity index (χ0v) is 16.0. The standard InChI is InChI=1S/C19H18N6OS/c1-11-7-6-10-16(12(11)2)25-19(22-23-24-25)27-13(3)17-20-15-9-5-4-8-14(15)18(26)21-17/h4-10,13H,1-3H3,(H,20,21,26). The molecule has 27 heavy (non-hydrogen) atoms. The zero-order valence-electron chi connectivity index (χ0n) is 15.2. The number of nitrogens with one attached hydrogen (secondary N) is 1. The topological polar surface area (TPSA) is 89.3 Å². The maximum Gasteiger partial charge on any atom is 0.258 e. The molecule has 2 heterocycles. The van der Waals surface area contributed by atoms with Crippen LogP contribution in [0.1, 0.15) is 29.1 Å². The molecule has 0 spiro atoms. The van der Waals surface area contributed by atoms with Gasteiger partial charge in [-0.15, -0.1) is 5.10 Å². The van der Waals surface area contributed by atoms with E-state index in [1.165, 1.54) is 17.3 Å². The summed E-state index contributed by atoms with van der Waals surface area (Å²) < 4.78 is 1.72. The molecule has 0 fully saturated rings. The van der Waals surface area contributed by atoms with E-state index >= 15 is 0 Å². The summed E-state index contributed by atoms with van der Waals surface area (Å²) in [6.07, 6.45) is 0. The first-order chi connectivity index (χ1) is 13.0. The van der Waals surface area contributed by atoms with Crippen LogP contribution >= 0.6 is 11.8 Å². The van der Waals surface area contributed by atoms with Crippen LogP contribution in [0, 0.1) is 13.8 Å². The Bertz CT molecular complexity index is 1180. The number of hydrogen-bond acceptors (Lipinski definition) is 6. The van der Waals surface area contributed by atoms with Gasteiger partial charge in [0.25, 0.3) is 5.56 Å². The third-order valence-corrected chi connectivity index (χ3v) is 5.59. The van der Waals surface area contributed by atoms with Crippen molar-refractivity contribution >= 4 is 22.7 Å². The van der Waals surface area contributed by atoms with Crippen LogP contribution in [0.5, 0.6) is 0 Å². The van der Waals surface area contributed by atoms with Gasteiger partial charge in [-0.3, -0.25) is 4.79 Å². The quantitative estimate of drug-likeness (QED) is 0.548. The lowest BCUT2D eigenvalue weighted by Gasteiger charge is -2.12. The molecule has 1 N–H and O–H groups in total. The number of tetrazole rings is 1. The Morgan fingerprint density at radius 3 is 2.78 bits per heavy atom. The number of thioether (sulfide) groups is 1. The number of aromatic nitrogens is 6. The number of para-hydroxylation sites is 1. The summed E-state index contributed by atoms with van der Waals surface area (Å²) >= 11 is 1.45. The van der Waals surface area contributed by atoms with Crippen molar-refractivity contribution in [3.63, 3.8) is 0 Å². The molecule has 0 aliphatic carbocycles. The van der Waals surface area contributed by atoms with Crippen molar-refractivity contribution in [2.75, 3.05) is 0 Å². The molecule has 0 radical (unpaired) electrons. The van der Waals surface area contributed by atoms with Crippen LogP contribution in [0.4, 0.5) is 0 Å². The van der Waals surface area contributed by atoms with Crippen LogP contribution < -0.4 is 5.56 Å². The Morgan fingerprint density at radius 2 is 1.93 bits per heavy atom. The molecule has 4 rings (SSSR count). The van der Waals surface area contributed by atoms with E-state index in [0.29, 0.717) is 21.9 Å². The van der Waals surface area contributed by atoms with Crippen LogP contribution in [-0.4, -0.2) is 30.2 Å². The number of rotatable bonds is 4. The van der Waals surface area contributed by atoms with Crippen molar-refractivity contribution in [3.8, 4) is 5.69 Å². The molecule has 1 unspecified atom stereocenters. The average Bonchev–Trinajstić information content (AvgIpc) is 3.12. The van der Waals surface area contributed by atoms with Crippen molar-refractivity contribution < 1.29 is 0 Å². The molecule has 1 atom stereocenters. The minimum Gasteiger partial charge on any atom is -0.309 e. The Hall–Kier alpha value is -3.00. The lowest BCUT2D eigenvalue weighted by molar-refractivity contribution is 0.748. The van der Waals surface area contributed by atoms with Gasteiger partial charge < -0.3 is 4.98 Å². The predicted molar refractivity (Wildman–Crippen MR) is 105 cm³/mol. The molecule has 0 aliphatic rings. The molecule has 0 saturated heterocycles. The number of nitrogens with zero attached hydrogens (tertiary/aromatic N) is 5. The van der Waals surface area contributed by atoms with Crippen LogP contribution in [0.25, 0.3) is 16.6 Å². The van der Waals surface area contributed by atoms with E-state index in [-0.39, 0.29) is 10.8 Å². The minimum atomic E-state index is -0.142. The van der Waals surface area contributed by atoms with Crippen molar-refractivity contribution in [2.24, 2.45) is 0 Å². The van der Waals surface area contributed by atoms with Gasteiger partial charge in [0.1, 0.15) is 5.82 Å². The second kappa shape index (κ2) is 6.96. The second-order valence-electron chi connectivity index (χ2n) is 6.32. The Morgan fingerprint density at radius 1 is 1.11 bits per heavy atom. The maximum absolute atomic E-state index is 12.3. The molecule has 4 aromatic rings. The summed E-state index contributed by atoms with van der Waals surface area (Å²) in [5, 5.41) is 13.2. The summed E-state index contributed by atoms with van der Waals surface area (Å²) in [4.78, 5) is 19.8. The molecule has 136 valence electrons. The lowest BCUT2D eigenvalue weighted by atomic mass is 10.1. The van der Waals surface area contributed by atoms with Gasteiger partial charge in [0.2, 0.25) is 5.16 Å². The lowest BCUT2D eigenvalue weighted by Crippen LogP contribution is -2.13. The van der Waals surface area contributed by atoms with Gasteiger partial charge in [0.15, 0.2) is 0 Å². The third-order valence-electron chi connectivity index (χ3n) is 4.54. The number of H-pyrrole nitrogens is 1. The fourth-order valence-corrected chi connectivity index (χ4v) is 3.74. The predicted octanol–water partition coefficient (Wildman–Crippen LogP) is 3.37. The monoisotopic (exact) mass is 378 g/mol. The van der Waals surface area contributed by atoms with Gasteiger partial charge in [-0.2, -0.15) is 4.68 Å². The maximum atomic E-state index is 12.3. The minimum absolute atomic E-state index is 0.128. The van der Waals surface area contributed by atoms with Gasteiger partial charge in [-0.1, -0.05) is 36.0 Å². The average molecular weight is 378 g/mol. The fourth-order valence-electron chi connectivity index (χ4n) is 2.88. The van der Waals surface area contributed by atoms with E-state index < -0.39 is 0 Å². The summed E-state index contributed by atoms with van der Waals surface area (Å²) in [5.41, 5.74) is 3.77. The van der Waals surface area contributed by atoms with Gasteiger partial charge in [-0.05, 0) is 60.5 Å². The third kappa shape index (κ3) is 3.23. The Balaban J connectivity index is 1.69. The van der Waals surface area contributed by atoms with Crippen molar-refractivity contribution in [2.45, 2.75) is 31.2 Å². The molecule has 0 amide bonds. The molecular weight excluding hydrogens is 360 g/mol. The Labute approximate surface area is 159 Å². The molecule has 2 aromatic heterocycles. The van der Waals surface area contributed by atoms with Crippen molar-refractivity contribution in [1.82, 2.24) is 30.2 Å². The first kappa shape index (κ1) is 17.4. The molecule has 0 saturated carbocycles. The van der Waals surface area contributed by atoms with Crippen molar-refractivity contribution in [3.05, 3.63) is 69.8 Å². The number of fused-ring (bicyclic) bond motifs is 1. The highest BCUT2D eigenvalue weighted by Crippen LogP contribution is 2.33.